The first kappa shape index (κ1) is 19.6. The molecule has 3 aromatic rings. The van der Waals surface area contributed by atoms with Gasteiger partial charge in [0.2, 0.25) is 11.6 Å². The number of carbonyl (C=O) groups excluding carboxylic acids is 1. The second-order valence-corrected chi connectivity index (χ2v) is 6.02. The largest absolute Gasteiger partial charge is 0.378 e. The zero-order valence-electron chi connectivity index (χ0n) is 15.4. The first-order valence-corrected chi connectivity index (χ1v) is 8.13. The second kappa shape index (κ2) is 8.22. The number of hydrogen-bond acceptors (Lipinski definition) is 11. The summed E-state index contributed by atoms with van der Waals surface area (Å²) >= 11 is 0. The van der Waals surface area contributed by atoms with Gasteiger partial charge in [-0.1, -0.05) is 17.3 Å². The smallest absolute Gasteiger partial charge is 0.293 e. The normalized spacial score (nSPS) is 11.3. The molecule has 29 heavy (non-hydrogen) atoms. The van der Waals surface area contributed by atoms with Crippen molar-refractivity contribution in [3.63, 3.8) is 0 Å². The van der Waals surface area contributed by atoms with E-state index < -0.39 is 10.8 Å². The van der Waals surface area contributed by atoms with Gasteiger partial charge >= 0.3 is 0 Å². The number of para-hydroxylation sites is 1. The number of aromatic nitrogens is 5. The number of hydrogen-bond donors (Lipinski definition) is 2. The van der Waals surface area contributed by atoms with Crippen LogP contribution in [0.3, 0.4) is 0 Å². The van der Waals surface area contributed by atoms with Crippen molar-refractivity contribution in [1.29, 1.82) is 0 Å². The van der Waals surface area contributed by atoms with Crippen LogP contribution in [0.2, 0.25) is 0 Å². The fourth-order valence-electron chi connectivity index (χ4n) is 2.40. The summed E-state index contributed by atoms with van der Waals surface area (Å²) in [5.41, 5.74) is 8.41. The third-order valence-electron chi connectivity index (χ3n) is 3.64. The fraction of sp³-hybridized carbons (Fsp3) is 0.200. The molecule has 1 aromatic carbocycles. The minimum Gasteiger partial charge on any atom is -0.378 e. The molecule has 0 atom stereocenters. The van der Waals surface area contributed by atoms with Crippen molar-refractivity contribution in [2.45, 2.75) is 6.54 Å². The molecule has 1 amide bonds. The molecule has 14 nitrogen and oxygen atoms in total. The first-order valence-electron chi connectivity index (χ1n) is 8.13. The SMILES string of the molecule is CN(C)Cc1c(C(=O)N/N=C\c2ccccc2[N+](=O)[O-])nnn1-c1nonc1N. The Bertz CT molecular complexity index is 1070. The molecule has 0 saturated carbocycles. The van der Waals surface area contributed by atoms with Crippen molar-refractivity contribution >= 4 is 23.6 Å². The summed E-state index contributed by atoms with van der Waals surface area (Å²) in [7, 11) is 3.58. The van der Waals surface area contributed by atoms with Crippen molar-refractivity contribution in [3.05, 3.63) is 51.3 Å². The van der Waals surface area contributed by atoms with Crippen LogP contribution in [-0.2, 0) is 6.54 Å². The maximum absolute atomic E-state index is 12.5. The molecule has 3 rings (SSSR count). The number of nitro benzene ring substituents is 1. The topological polar surface area (TPSA) is 183 Å². The van der Waals surface area contributed by atoms with Gasteiger partial charge in [-0.05, 0) is 30.5 Å². The molecule has 0 spiro atoms. The Morgan fingerprint density at radius 2 is 2.17 bits per heavy atom. The second-order valence-electron chi connectivity index (χ2n) is 6.02. The summed E-state index contributed by atoms with van der Waals surface area (Å²) in [6.45, 7) is 0.274. The first-order chi connectivity index (χ1) is 13.9. The van der Waals surface area contributed by atoms with E-state index in [4.69, 9.17) is 5.73 Å². The summed E-state index contributed by atoms with van der Waals surface area (Å²) in [5, 5.41) is 29.7. The van der Waals surface area contributed by atoms with Crippen LogP contribution in [0.15, 0.2) is 34.0 Å². The lowest BCUT2D eigenvalue weighted by Gasteiger charge is -2.11. The van der Waals surface area contributed by atoms with Crippen LogP contribution in [0.1, 0.15) is 21.7 Å². The molecular formula is C15H16N10O4. The molecule has 0 bridgehead atoms. The number of nitro groups is 1. The number of amides is 1. The van der Waals surface area contributed by atoms with E-state index in [-0.39, 0.29) is 35.1 Å². The maximum atomic E-state index is 12.5. The highest BCUT2D eigenvalue weighted by Gasteiger charge is 2.24. The molecule has 0 saturated heterocycles. The molecule has 150 valence electrons. The minimum atomic E-state index is -0.669. The Kier molecular flexibility index (Phi) is 5.54. The number of carbonyl (C=O) groups is 1. The van der Waals surface area contributed by atoms with Crippen molar-refractivity contribution < 1.29 is 14.3 Å². The van der Waals surface area contributed by atoms with Gasteiger partial charge in [0.05, 0.1) is 22.4 Å². The summed E-state index contributed by atoms with van der Waals surface area (Å²) in [5.74, 6) is -0.592. The molecule has 0 aliphatic rings. The summed E-state index contributed by atoms with van der Waals surface area (Å²) < 4.78 is 5.81. The van der Waals surface area contributed by atoms with E-state index in [1.54, 1.807) is 25.1 Å². The van der Waals surface area contributed by atoms with E-state index in [0.717, 1.165) is 0 Å². The van der Waals surface area contributed by atoms with Gasteiger partial charge in [-0.25, -0.2) is 10.1 Å². The quantitative estimate of drug-likeness (QED) is 0.310. The highest BCUT2D eigenvalue weighted by molar-refractivity contribution is 5.94. The Balaban J connectivity index is 1.85. The average molecular weight is 400 g/mol. The summed E-state index contributed by atoms with van der Waals surface area (Å²) in [6, 6.07) is 5.99. The zero-order chi connectivity index (χ0) is 21.0. The molecule has 2 heterocycles. The van der Waals surface area contributed by atoms with E-state index in [1.807, 2.05) is 0 Å². The predicted octanol–water partition coefficient (Wildman–Crippen LogP) is -0.0338. The van der Waals surface area contributed by atoms with E-state index in [1.165, 1.54) is 29.1 Å². The summed E-state index contributed by atoms with van der Waals surface area (Å²) in [4.78, 5) is 24.8. The third kappa shape index (κ3) is 4.22. The molecule has 0 unspecified atom stereocenters. The minimum absolute atomic E-state index is 0.0173. The van der Waals surface area contributed by atoms with Crippen LogP contribution in [0.5, 0.6) is 0 Å². The van der Waals surface area contributed by atoms with E-state index >= 15 is 0 Å². The maximum Gasteiger partial charge on any atom is 0.293 e. The monoisotopic (exact) mass is 400 g/mol. The van der Waals surface area contributed by atoms with Gasteiger partial charge in [0, 0.05) is 12.6 Å². The predicted molar refractivity (Wildman–Crippen MR) is 99.2 cm³/mol. The number of nitrogen functional groups attached to an aromatic ring is 1. The highest BCUT2D eigenvalue weighted by atomic mass is 16.6. The number of nitrogens with two attached hydrogens (primary N) is 1. The number of rotatable bonds is 7. The molecule has 3 N–H and O–H groups in total. The number of benzene rings is 1. The van der Waals surface area contributed by atoms with Crippen molar-refractivity contribution in [2.24, 2.45) is 5.10 Å². The number of anilines is 1. The van der Waals surface area contributed by atoms with Crippen LogP contribution in [0.4, 0.5) is 11.5 Å². The molecule has 14 heteroatoms. The molecule has 0 aliphatic heterocycles. The van der Waals surface area contributed by atoms with Gasteiger partial charge in [-0.2, -0.15) is 9.78 Å². The number of nitrogens with one attached hydrogen (secondary N) is 1. The van der Waals surface area contributed by atoms with Crippen molar-refractivity contribution in [1.82, 2.24) is 35.6 Å². The van der Waals surface area contributed by atoms with Gasteiger partial charge in [0.1, 0.15) is 0 Å². The summed E-state index contributed by atoms with van der Waals surface area (Å²) in [6.07, 6.45) is 1.17. The molecule has 2 aromatic heterocycles. The van der Waals surface area contributed by atoms with Crippen LogP contribution < -0.4 is 11.2 Å². The number of hydrazone groups is 1. The average Bonchev–Trinajstić information content (AvgIpc) is 3.27. The van der Waals surface area contributed by atoms with Crippen LogP contribution in [-0.4, -0.2) is 61.3 Å². The van der Waals surface area contributed by atoms with Crippen molar-refractivity contribution in [2.75, 3.05) is 19.8 Å². The van der Waals surface area contributed by atoms with E-state index in [0.29, 0.717) is 5.69 Å². The van der Waals surface area contributed by atoms with Crippen LogP contribution in [0.25, 0.3) is 5.82 Å². The molecule has 0 aliphatic carbocycles. The molecule has 0 radical (unpaired) electrons. The third-order valence-corrected chi connectivity index (χ3v) is 3.64. The Labute approximate surface area is 163 Å². The van der Waals surface area contributed by atoms with E-state index in [2.05, 4.69) is 35.8 Å². The van der Waals surface area contributed by atoms with Crippen molar-refractivity contribution in [3.8, 4) is 5.82 Å². The zero-order valence-corrected chi connectivity index (χ0v) is 15.4. The lowest BCUT2D eigenvalue weighted by atomic mass is 10.2. The van der Waals surface area contributed by atoms with Gasteiger partial charge < -0.3 is 10.6 Å². The number of nitrogens with zero attached hydrogens (tertiary/aromatic N) is 8. The lowest BCUT2D eigenvalue weighted by Crippen LogP contribution is -2.23. The van der Waals surface area contributed by atoms with E-state index in [9.17, 15) is 14.9 Å². The van der Waals surface area contributed by atoms with Crippen LogP contribution >= 0.6 is 0 Å². The van der Waals surface area contributed by atoms with Gasteiger partial charge in [0.15, 0.2) is 5.69 Å². The highest BCUT2D eigenvalue weighted by Crippen LogP contribution is 2.17. The van der Waals surface area contributed by atoms with Gasteiger partial charge in [-0.3, -0.25) is 14.9 Å². The fourth-order valence-corrected chi connectivity index (χ4v) is 2.40. The van der Waals surface area contributed by atoms with Gasteiger partial charge in [0.25, 0.3) is 11.6 Å². The Morgan fingerprint density at radius 3 is 2.83 bits per heavy atom. The standard InChI is InChI=1S/C15H16N10O4/c1-23(2)8-11-12(18-22-24(11)14-13(16)20-29-21-14)15(26)19-17-7-9-5-3-4-6-10(9)25(27)28/h3-7H,8H2,1-2H3,(H2,16,20)(H,19,26)/b17-7-. The van der Waals surface area contributed by atoms with Crippen LogP contribution in [0, 0.1) is 10.1 Å². The van der Waals surface area contributed by atoms with Gasteiger partial charge in [-0.15, -0.1) is 5.10 Å². The Morgan fingerprint density at radius 1 is 1.41 bits per heavy atom. The Hall–Kier alpha value is -4.20. The lowest BCUT2D eigenvalue weighted by molar-refractivity contribution is -0.385. The molecular weight excluding hydrogens is 384 g/mol. The molecule has 0 fully saturated rings.